The molecule has 0 unspecified atom stereocenters. The number of hydrogen-bond acceptors (Lipinski definition) is 8. The van der Waals surface area contributed by atoms with Gasteiger partial charge in [-0.2, -0.15) is 5.10 Å². The molecule has 1 aromatic heterocycles. The topological polar surface area (TPSA) is 139 Å². The lowest BCUT2D eigenvalue weighted by molar-refractivity contribution is -0.132. The number of carboxylic acids is 2. The first-order chi connectivity index (χ1) is 20.8. The number of aryl methyl sites for hydroxylation is 1. The number of methoxy groups -OCH3 is 2. The van der Waals surface area contributed by atoms with Crippen LogP contribution in [0, 0.1) is 0 Å². The summed E-state index contributed by atoms with van der Waals surface area (Å²) < 4.78 is 29.8. The first-order valence-electron chi connectivity index (χ1n) is 13.4. The van der Waals surface area contributed by atoms with E-state index in [4.69, 9.17) is 23.7 Å². The van der Waals surface area contributed by atoms with Crippen molar-refractivity contribution in [1.29, 1.82) is 0 Å². The van der Waals surface area contributed by atoms with E-state index < -0.39 is 11.9 Å². The fourth-order valence-corrected chi connectivity index (χ4v) is 4.87. The van der Waals surface area contributed by atoms with Gasteiger partial charge in [-0.15, -0.1) is 0 Å². The van der Waals surface area contributed by atoms with Crippen molar-refractivity contribution in [2.24, 2.45) is 0 Å². The summed E-state index contributed by atoms with van der Waals surface area (Å²) in [6.45, 7) is 2.48. The number of ether oxygens (including phenoxy) is 5. The number of aromatic carboxylic acids is 1. The maximum Gasteiger partial charge on any atom is 0.336 e. The van der Waals surface area contributed by atoms with Crippen LogP contribution in [0.3, 0.4) is 0 Å². The van der Waals surface area contributed by atoms with Gasteiger partial charge in [0.2, 0.25) is 6.79 Å². The number of fused-ring (bicyclic) bond motifs is 1. The van der Waals surface area contributed by atoms with Crippen molar-refractivity contribution in [1.82, 2.24) is 9.78 Å². The molecule has 0 radical (unpaired) electrons. The second-order valence-corrected chi connectivity index (χ2v) is 9.55. The third kappa shape index (κ3) is 6.10. The van der Waals surface area contributed by atoms with Gasteiger partial charge in [-0.25, -0.2) is 9.59 Å². The number of rotatable bonds is 12. The van der Waals surface area contributed by atoms with Crippen molar-refractivity contribution in [2.75, 3.05) is 21.0 Å². The van der Waals surface area contributed by atoms with E-state index in [2.05, 4.69) is 5.10 Å². The van der Waals surface area contributed by atoms with E-state index in [1.54, 1.807) is 65.5 Å². The van der Waals surface area contributed by atoms with E-state index in [1.165, 1.54) is 20.3 Å². The maximum atomic E-state index is 12.5. The predicted octanol–water partition coefficient (Wildman–Crippen LogP) is 5.30. The van der Waals surface area contributed by atoms with Crippen molar-refractivity contribution >= 4 is 18.0 Å². The number of aliphatic carboxylic acids is 1. The molecule has 0 fully saturated rings. The third-order valence-corrected chi connectivity index (χ3v) is 7.00. The van der Waals surface area contributed by atoms with E-state index in [1.807, 2.05) is 6.92 Å². The standard InChI is InChI=1S/C32H30N2O9/c1-4-34-30(25-10-9-23(39-2)14-27(25)41-17-19-7-5-6-8-24(19)32(37)38)22(16-33-34)12-21(31(35)36)11-20-13-28-29(43-18-42-28)15-26(20)40-3/h5-10,12-16H,4,11,17-18H2,1-3H3,(H,35,36)(H,37,38). The Kier molecular flexibility index (Phi) is 8.51. The van der Waals surface area contributed by atoms with Gasteiger partial charge in [-0.3, -0.25) is 4.68 Å². The average Bonchev–Trinajstić information content (AvgIpc) is 3.65. The second-order valence-electron chi connectivity index (χ2n) is 9.55. The average molecular weight is 587 g/mol. The van der Waals surface area contributed by atoms with Crippen LogP contribution in [0.25, 0.3) is 17.3 Å². The lowest BCUT2D eigenvalue weighted by atomic mass is 9.99. The van der Waals surface area contributed by atoms with Gasteiger partial charge in [0.25, 0.3) is 0 Å². The minimum Gasteiger partial charge on any atom is -0.497 e. The summed E-state index contributed by atoms with van der Waals surface area (Å²) in [5, 5.41) is 24.3. The second kappa shape index (κ2) is 12.6. The van der Waals surface area contributed by atoms with Crippen molar-refractivity contribution in [3.63, 3.8) is 0 Å². The van der Waals surface area contributed by atoms with Crippen LogP contribution in [0.1, 0.15) is 34.0 Å². The molecular formula is C32H30N2O9. The number of hydrogen-bond donors (Lipinski definition) is 2. The van der Waals surface area contributed by atoms with E-state index in [-0.39, 0.29) is 31.0 Å². The molecule has 5 rings (SSSR count). The molecule has 1 aliphatic heterocycles. The van der Waals surface area contributed by atoms with Crippen molar-refractivity contribution in [3.05, 3.63) is 88.6 Å². The maximum absolute atomic E-state index is 12.5. The molecule has 11 nitrogen and oxygen atoms in total. The quantitative estimate of drug-likeness (QED) is 0.210. The Hall–Kier alpha value is -5.45. The zero-order chi connectivity index (χ0) is 30.5. The van der Waals surface area contributed by atoms with Gasteiger partial charge in [-0.05, 0) is 37.3 Å². The summed E-state index contributed by atoms with van der Waals surface area (Å²) in [6, 6.07) is 15.3. The highest BCUT2D eigenvalue weighted by Gasteiger charge is 2.22. The number of nitrogens with zero attached hydrogens (tertiary/aromatic N) is 2. The fraction of sp³-hybridized carbons (Fsp3) is 0.219. The molecule has 0 atom stereocenters. The lowest BCUT2D eigenvalue weighted by Gasteiger charge is -2.16. The molecule has 2 heterocycles. The van der Waals surface area contributed by atoms with Crippen LogP contribution >= 0.6 is 0 Å². The monoisotopic (exact) mass is 586 g/mol. The zero-order valence-corrected chi connectivity index (χ0v) is 23.8. The van der Waals surface area contributed by atoms with Crippen LogP contribution in [0.15, 0.2) is 66.4 Å². The summed E-state index contributed by atoms with van der Waals surface area (Å²) >= 11 is 0. The molecule has 0 spiro atoms. The van der Waals surface area contributed by atoms with Gasteiger partial charge >= 0.3 is 11.9 Å². The Morgan fingerprint density at radius 3 is 2.44 bits per heavy atom. The van der Waals surface area contributed by atoms with Gasteiger partial charge in [0.15, 0.2) is 11.5 Å². The van der Waals surface area contributed by atoms with Gasteiger partial charge < -0.3 is 33.9 Å². The Balaban J connectivity index is 1.55. The van der Waals surface area contributed by atoms with Gasteiger partial charge in [0, 0.05) is 52.9 Å². The summed E-state index contributed by atoms with van der Waals surface area (Å²) in [4.78, 5) is 24.2. The minimum absolute atomic E-state index is 0.0155. The number of benzene rings is 3. The summed E-state index contributed by atoms with van der Waals surface area (Å²) in [5.41, 5.74) is 3.17. The first kappa shape index (κ1) is 29.1. The molecular weight excluding hydrogens is 556 g/mol. The van der Waals surface area contributed by atoms with Crippen LogP contribution in [-0.4, -0.2) is 52.9 Å². The van der Waals surface area contributed by atoms with Crippen LogP contribution in [0.2, 0.25) is 0 Å². The van der Waals surface area contributed by atoms with E-state index in [0.717, 1.165) is 0 Å². The van der Waals surface area contributed by atoms with Crippen LogP contribution < -0.4 is 23.7 Å². The summed E-state index contributed by atoms with van der Waals surface area (Å²) in [6.07, 6.45) is 3.23. The molecule has 2 N–H and O–H groups in total. The molecule has 0 saturated carbocycles. The molecule has 0 aliphatic carbocycles. The number of carbonyl (C=O) groups is 2. The molecule has 0 amide bonds. The molecule has 0 bridgehead atoms. The molecule has 0 saturated heterocycles. The Labute approximate surface area is 247 Å². The minimum atomic E-state index is -1.11. The summed E-state index contributed by atoms with van der Waals surface area (Å²) in [5.74, 6) is 0.321. The largest absolute Gasteiger partial charge is 0.497 e. The van der Waals surface area contributed by atoms with E-state index in [0.29, 0.717) is 63.2 Å². The Morgan fingerprint density at radius 1 is 0.977 bits per heavy atom. The molecule has 11 heteroatoms. The highest BCUT2D eigenvalue weighted by atomic mass is 16.7. The molecule has 1 aliphatic rings. The van der Waals surface area contributed by atoms with E-state index >= 15 is 0 Å². The normalized spacial score (nSPS) is 12.2. The van der Waals surface area contributed by atoms with Gasteiger partial charge in [-0.1, -0.05) is 18.2 Å². The number of carboxylic acid groups (broad SMARTS) is 2. The van der Waals surface area contributed by atoms with Crippen molar-refractivity contribution < 1.29 is 43.5 Å². The van der Waals surface area contributed by atoms with Crippen molar-refractivity contribution in [3.8, 4) is 40.0 Å². The van der Waals surface area contributed by atoms with Gasteiger partial charge in [0.05, 0.1) is 31.7 Å². The smallest absolute Gasteiger partial charge is 0.336 e. The highest BCUT2D eigenvalue weighted by molar-refractivity contribution is 5.94. The Morgan fingerprint density at radius 2 is 1.74 bits per heavy atom. The summed E-state index contributed by atoms with van der Waals surface area (Å²) in [7, 11) is 3.04. The fourth-order valence-electron chi connectivity index (χ4n) is 4.87. The Bertz CT molecular complexity index is 1710. The highest BCUT2D eigenvalue weighted by Crippen LogP contribution is 2.40. The predicted molar refractivity (Wildman–Crippen MR) is 156 cm³/mol. The van der Waals surface area contributed by atoms with Crippen LogP contribution in [-0.2, 0) is 24.4 Å². The zero-order valence-electron chi connectivity index (χ0n) is 23.8. The molecule has 222 valence electrons. The number of aromatic nitrogens is 2. The molecule has 3 aromatic carbocycles. The third-order valence-electron chi connectivity index (χ3n) is 7.00. The lowest BCUT2D eigenvalue weighted by Crippen LogP contribution is -2.07. The molecule has 43 heavy (non-hydrogen) atoms. The van der Waals surface area contributed by atoms with E-state index in [9.17, 15) is 19.8 Å². The van der Waals surface area contributed by atoms with Gasteiger partial charge in [0.1, 0.15) is 23.9 Å². The van der Waals surface area contributed by atoms with Crippen LogP contribution in [0.5, 0.6) is 28.7 Å². The SMILES string of the molecule is CCn1ncc(C=C(Cc2cc3c(cc2OC)OCO3)C(=O)O)c1-c1ccc(OC)cc1OCc1ccccc1C(=O)O. The van der Waals surface area contributed by atoms with Crippen LogP contribution in [0.4, 0.5) is 0 Å². The van der Waals surface area contributed by atoms with Crippen molar-refractivity contribution in [2.45, 2.75) is 26.5 Å². The molecule has 4 aromatic rings. The first-order valence-corrected chi connectivity index (χ1v) is 13.4.